The summed E-state index contributed by atoms with van der Waals surface area (Å²) < 4.78 is 6.79. The van der Waals surface area contributed by atoms with Gasteiger partial charge in [-0.1, -0.05) is 64.2 Å². The van der Waals surface area contributed by atoms with Crippen LogP contribution in [-0.4, -0.2) is 25.2 Å². The fraction of sp³-hybridized carbons (Fsp3) is 0.571. The third kappa shape index (κ3) is 3.04. The molecule has 102 valence electrons. The zero-order valence-electron chi connectivity index (χ0n) is 12.9. The molecule has 1 aromatic carbocycles. The van der Waals surface area contributed by atoms with Crippen molar-refractivity contribution in [3.63, 3.8) is 0 Å². The van der Waals surface area contributed by atoms with Gasteiger partial charge in [0.15, 0.2) is 16.9 Å². The molecule has 1 nitrogen and oxygen atoms in total. The Hall–Kier alpha value is -0.169. The van der Waals surface area contributed by atoms with Gasteiger partial charge in [0.05, 0.1) is 8.31 Å². The number of hydrogen-bond acceptors (Lipinski definition) is 1. The van der Waals surface area contributed by atoms with Crippen LogP contribution < -0.4 is 5.19 Å². The summed E-state index contributed by atoms with van der Waals surface area (Å²) in [7, 11) is -3.72. The minimum atomic E-state index is -1.81. The molecular formula is C14H28OSi3. The van der Waals surface area contributed by atoms with E-state index in [0.29, 0.717) is 0 Å². The van der Waals surface area contributed by atoms with Crippen LogP contribution >= 0.6 is 0 Å². The minimum absolute atomic E-state index is 0.284. The van der Waals surface area contributed by atoms with Gasteiger partial charge in [-0.2, -0.15) is 0 Å². The van der Waals surface area contributed by atoms with E-state index < -0.39 is 25.2 Å². The quantitative estimate of drug-likeness (QED) is 0.775. The van der Waals surface area contributed by atoms with Crippen molar-refractivity contribution in [3.8, 4) is 0 Å². The van der Waals surface area contributed by atoms with Gasteiger partial charge in [-0.05, 0) is 23.3 Å². The number of benzene rings is 1. The molecule has 1 rings (SSSR count). The van der Waals surface area contributed by atoms with Gasteiger partial charge < -0.3 is 4.12 Å². The molecule has 0 saturated carbocycles. The van der Waals surface area contributed by atoms with E-state index >= 15 is 0 Å². The van der Waals surface area contributed by atoms with Gasteiger partial charge in [-0.25, -0.2) is 0 Å². The third-order valence-corrected chi connectivity index (χ3v) is 21.7. The van der Waals surface area contributed by atoms with E-state index in [-0.39, 0.29) is 5.04 Å². The highest BCUT2D eigenvalue weighted by Gasteiger charge is 2.50. The molecule has 0 radical (unpaired) electrons. The van der Waals surface area contributed by atoms with Crippen LogP contribution in [-0.2, 0) is 4.12 Å². The number of rotatable bonds is 4. The lowest BCUT2D eigenvalue weighted by Crippen LogP contribution is -2.68. The summed E-state index contributed by atoms with van der Waals surface area (Å²) >= 11 is 0. The minimum Gasteiger partial charge on any atom is -0.457 e. The molecule has 0 fully saturated rings. The average molecular weight is 297 g/mol. The lowest BCUT2D eigenvalue weighted by molar-refractivity contribution is 0.531. The van der Waals surface area contributed by atoms with E-state index in [0.717, 1.165) is 0 Å². The summed E-state index contributed by atoms with van der Waals surface area (Å²) in [5.41, 5.74) is 0. The standard InChI is InChI=1S/C14H28OSi3/c1-14(2,3)18(17(6)7,15-16(4)5)13-11-9-8-10-12-13/h8-12,16-17H,1-7H3. The second-order valence-electron chi connectivity index (χ2n) is 6.67. The molecule has 0 saturated heterocycles. The Morgan fingerprint density at radius 2 is 1.44 bits per heavy atom. The Balaban J connectivity index is 3.40. The zero-order chi connectivity index (χ0) is 14.0. The fourth-order valence-corrected chi connectivity index (χ4v) is 25.7. The molecule has 1 atom stereocenters. The van der Waals surface area contributed by atoms with Crippen LogP contribution in [0.15, 0.2) is 30.3 Å². The van der Waals surface area contributed by atoms with Crippen molar-refractivity contribution in [1.29, 1.82) is 0 Å². The van der Waals surface area contributed by atoms with Gasteiger partial charge in [-0.3, -0.25) is 0 Å². The van der Waals surface area contributed by atoms with Gasteiger partial charge in [0.25, 0.3) is 0 Å². The first-order valence-corrected chi connectivity index (χ1v) is 15.8. The number of hydrogen-bond donors (Lipinski definition) is 0. The summed E-state index contributed by atoms with van der Waals surface area (Å²) in [5, 5.41) is 1.80. The van der Waals surface area contributed by atoms with Crippen LogP contribution in [0.25, 0.3) is 0 Å². The Morgan fingerprint density at radius 1 is 0.944 bits per heavy atom. The van der Waals surface area contributed by atoms with E-state index in [1.165, 1.54) is 5.19 Å². The third-order valence-electron chi connectivity index (χ3n) is 3.55. The summed E-state index contributed by atoms with van der Waals surface area (Å²) in [6.07, 6.45) is 0. The molecule has 0 heterocycles. The van der Waals surface area contributed by atoms with Gasteiger partial charge >= 0.3 is 0 Å². The maximum absolute atomic E-state index is 6.79. The van der Waals surface area contributed by atoms with E-state index in [9.17, 15) is 0 Å². The first-order valence-electron chi connectivity index (χ1n) is 6.95. The molecule has 1 aromatic rings. The summed E-state index contributed by atoms with van der Waals surface area (Å²) in [5.74, 6) is 0. The maximum atomic E-state index is 6.79. The van der Waals surface area contributed by atoms with Crippen molar-refractivity contribution >= 4 is 30.4 Å². The molecule has 0 amide bonds. The van der Waals surface area contributed by atoms with Crippen molar-refractivity contribution in [2.45, 2.75) is 52.0 Å². The predicted octanol–water partition coefficient (Wildman–Crippen LogP) is 3.20. The Morgan fingerprint density at radius 3 is 1.78 bits per heavy atom. The lowest BCUT2D eigenvalue weighted by atomic mass is 10.2. The summed E-state index contributed by atoms with van der Waals surface area (Å²) in [4.78, 5) is 0. The highest BCUT2D eigenvalue weighted by molar-refractivity contribution is 7.37. The molecular weight excluding hydrogens is 268 g/mol. The Kier molecular flexibility index (Phi) is 5.17. The SMILES string of the molecule is C[SiH](C)O[Si](c1ccccc1)([SiH](C)C)C(C)(C)C. The molecule has 0 bridgehead atoms. The van der Waals surface area contributed by atoms with Crippen LogP contribution in [0.5, 0.6) is 0 Å². The largest absolute Gasteiger partial charge is 0.457 e. The highest BCUT2D eigenvalue weighted by Crippen LogP contribution is 2.38. The van der Waals surface area contributed by atoms with E-state index in [2.05, 4.69) is 77.3 Å². The topological polar surface area (TPSA) is 9.23 Å². The summed E-state index contributed by atoms with van der Waals surface area (Å²) in [6.45, 7) is 16.7. The van der Waals surface area contributed by atoms with E-state index in [1.54, 1.807) is 0 Å². The van der Waals surface area contributed by atoms with Crippen molar-refractivity contribution in [1.82, 2.24) is 0 Å². The smallest absolute Gasteiger partial charge is 0.198 e. The average Bonchev–Trinajstić information content (AvgIpc) is 2.24. The van der Waals surface area contributed by atoms with Gasteiger partial charge in [0, 0.05) is 0 Å². The second kappa shape index (κ2) is 5.86. The van der Waals surface area contributed by atoms with Crippen LogP contribution in [0.4, 0.5) is 0 Å². The summed E-state index contributed by atoms with van der Waals surface area (Å²) in [6, 6.07) is 11.1. The Labute approximate surface area is 117 Å². The molecule has 0 N–H and O–H groups in total. The molecule has 0 aliphatic heterocycles. The second-order valence-corrected chi connectivity index (χ2v) is 21.5. The molecule has 0 spiro atoms. The van der Waals surface area contributed by atoms with Crippen molar-refractivity contribution in [3.05, 3.63) is 30.3 Å². The van der Waals surface area contributed by atoms with E-state index in [4.69, 9.17) is 4.12 Å². The molecule has 0 aromatic heterocycles. The van der Waals surface area contributed by atoms with Crippen molar-refractivity contribution < 1.29 is 4.12 Å². The van der Waals surface area contributed by atoms with Crippen molar-refractivity contribution in [2.24, 2.45) is 0 Å². The van der Waals surface area contributed by atoms with Crippen LogP contribution in [0.3, 0.4) is 0 Å². The zero-order valence-corrected chi connectivity index (χ0v) is 16.3. The monoisotopic (exact) mass is 296 g/mol. The molecule has 1 unspecified atom stereocenters. The first kappa shape index (κ1) is 15.9. The molecule has 4 heteroatoms. The lowest BCUT2D eigenvalue weighted by Gasteiger charge is -2.47. The van der Waals surface area contributed by atoms with Gasteiger partial charge in [-0.15, -0.1) is 0 Å². The predicted molar refractivity (Wildman–Crippen MR) is 90.4 cm³/mol. The molecule has 0 aliphatic rings. The van der Waals surface area contributed by atoms with E-state index in [1.807, 2.05) is 0 Å². The Bertz CT molecular complexity index is 370. The molecule has 18 heavy (non-hydrogen) atoms. The first-order chi connectivity index (χ1) is 8.22. The van der Waals surface area contributed by atoms with Crippen LogP contribution in [0.2, 0.25) is 31.2 Å². The highest BCUT2D eigenvalue weighted by atomic mass is 29.2. The maximum Gasteiger partial charge on any atom is 0.198 e. The van der Waals surface area contributed by atoms with Crippen LogP contribution in [0, 0.1) is 0 Å². The fourth-order valence-electron chi connectivity index (χ4n) is 3.07. The normalized spacial score (nSPS) is 16.1. The van der Waals surface area contributed by atoms with Crippen molar-refractivity contribution in [2.75, 3.05) is 0 Å². The molecule has 0 aliphatic carbocycles. The van der Waals surface area contributed by atoms with Gasteiger partial charge in [0.2, 0.25) is 0 Å². The van der Waals surface area contributed by atoms with Gasteiger partial charge in [0.1, 0.15) is 0 Å². The van der Waals surface area contributed by atoms with Crippen LogP contribution in [0.1, 0.15) is 20.8 Å².